The molecule has 0 aromatic heterocycles. The lowest BCUT2D eigenvalue weighted by Crippen LogP contribution is -2.17. The molecule has 0 saturated heterocycles. The van der Waals surface area contributed by atoms with Gasteiger partial charge in [0.25, 0.3) is 0 Å². The Hall–Kier alpha value is -0.0500. The van der Waals surface area contributed by atoms with Gasteiger partial charge < -0.3 is 10.4 Å². The first-order chi connectivity index (χ1) is 4.27. The summed E-state index contributed by atoms with van der Waals surface area (Å²) in [5.41, 5.74) is 0. The summed E-state index contributed by atoms with van der Waals surface area (Å²) >= 11 is 5.44. The summed E-state index contributed by atoms with van der Waals surface area (Å²) in [6.07, 6.45) is 0.768. The van der Waals surface area contributed by atoms with E-state index in [-0.39, 0.29) is 6.61 Å². The number of rotatable bonds is 5. The Bertz CT molecular complexity index is 85.1. The molecule has 0 unspecified atom stereocenters. The Morgan fingerprint density at radius 1 is 1.67 bits per heavy atom. The van der Waals surface area contributed by atoms with Gasteiger partial charge in [-0.25, -0.2) is 0 Å². The van der Waals surface area contributed by atoms with Crippen molar-refractivity contribution < 1.29 is 5.11 Å². The lowest BCUT2D eigenvalue weighted by Gasteiger charge is -1.99. The molecule has 54 valence electrons. The van der Waals surface area contributed by atoms with Crippen molar-refractivity contribution in [2.45, 2.75) is 6.42 Å². The highest BCUT2D eigenvalue weighted by molar-refractivity contribution is 6.29. The van der Waals surface area contributed by atoms with E-state index in [0.29, 0.717) is 11.6 Å². The van der Waals surface area contributed by atoms with Gasteiger partial charge in [0.1, 0.15) is 0 Å². The van der Waals surface area contributed by atoms with E-state index in [0.717, 1.165) is 13.0 Å². The molecule has 0 heterocycles. The molecule has 0 rings (SSSR count). The largest absolute Gasteiger partial charge is 0.396 e. The Morgan fingerprint density at radius 3 is 2.78 bits per heavy atom. The van der Waals surface area contributed by atoms with Crippen LogP contribution in [-0.4, -0.2) is 24.8 Å². The number of halogens is 1. The maximum Gasteiger partial charge on any atom is 0.0443 e. The van der Waals surface area contributed by atoms with E-state index >= 15 is 0 Å². The quantitative estimate of drug-likeness (QED) is 0.565. The van der Waals surface area contributed by atoms with Crippen molar-refractivity contribution >= 4 is 11.6 Å². The predicted octanol–water partition coefficient (Wildman–Crippen LogP) is 0.711. The Morgan fingerprint density at radius 2 is 2.33 bits per heavy atom. The first kappa shape index (κ1) is 8.95. The van der Waals surface area contributed by atoms with Crippen molar-refractivity contribution in [1.29, 1.82) is 0 Å². The smallest absolute Gasteiger partial charge is 0.0443 e. The molecule has 0 aromatic rings. The van der Waals surface area contributed by atoms with Gasteiger partial charge in [0, 0.05) is 18.2 Å². The minimum atomic E-state index is 0.224. The van der Waals surface area contributed by atoms with Gasteiger partial charge in [-0.1, -0.05) is 18.2 Å². The summed E-state index contributed by atoms with van der Waals surface area (Å²) in [5.74, 6) is 0. The fourth-order valence-electron chi connectivity index (χ4n) is 0.428. The van der Waals surface area contributed by atoms with E-state index in [4.69, 9.17) is 16.7 Å². The molecule has 0 aromatic carbocycles. The molecule has 0 aliphatic rings. The van der Waals surface area contributed by atoms with Crippen LogP contribution in [0.1, 0.15) is 6.42 Å². The molecule has 0 fully saturated rings. The van der Waals surface area contributed by atoms with Crippen molar-refractivity contribution in [2.24, 2.45) is 0 Å². The van der Waals surface area contributed by atoms with Crippen LogP contribution in [0.2, 0.25) is 0 Å². The average molecular weight is 150 g/mol. The topological polar surface area (TPSA) is 32.3 Å². The monoisotopic (exact) mass is 149 g/mol. The maximum absolute atomic E-state index is 8.34. The van der Waals surface area contributed by atoms with Crippen LogP contribution >= 0.6 is 11.6 Å². The van der Waals surface area contributed by atoms with E-state index in [2.05, 4.69) is 11.9 Å². The summed E-state index contributed by atoms with van der Waals surface area (Å²) in [4.78, 5) is 0. The van der Waals surface area contributed by atoms with Gasteiger partial charge >= 0.3 is 0 Å². The first-order valence-corrected chi connectivity index (χ1v) is 3.30. The van der Waals surface area contributed by atoms with Crippen LogP contribution in [0.3, 0.4) is 0 Å². The lowest BCUT2D eigenvalue weighted by atomic mass is 10.4. The van der Waals surface area contributed by atoms with Crippen molar-refractivity contribution in [3.05, 3.63) is 11.6 Å². The van der Waals surface area contributed by atoms with E-state index in [1.807, 2.05) is 0 Å². The minimum absolute atomic E-state index is 0.224. The van der Waals surface area contributed by atoms with Crippen molar-refractivity contribution in [2.75, 3.05) is 19.7 Å². The van der Waals surface area contributed by atoms with E-state index in [9.17, 15) is 0 Å². The number of aliphatic hydroxyl groups excluding tert-OH is 1. The summed E-state index contributed by atoms with van der Waals surface area (Å²) in [7, 11) is 0. The third-order valence-corrected chi connectivity index (χ3v) is 0.962. The molecule has 0 saturated carbocycles. The van der Waals surface area contributed by atoms with Crippen LogP contribution in [-0.2, 0) is 0 Å². The molecule has 0 aliphatic heterocycles. The fourth-order valence-corrected chi connectivity index (χ4v) is 0.523. The van der Waals surface area contributed by atoms with Gasteiger partial charge in [0.05, 0.1) is 0 Å². The van der Waals surface area contributed by atoms with Crippen LogP contribution in [0.25, 0.3) is 0 Å². The lowest BCUT2D eigenvalue weighted by molar-refractivity contribution is 0.287. The van der Waals surface area contributed by atoms with Crippen LogP contribution < -0.4 is 5.32 Å². The molecule has 9 heavy (non-hydrogen) atoms. The van der Waals surface area contributed by atoms with Gasteiger partial charge in [-0.3, -0.25) is 0 Å². The Balaban J connectivity index is 2.83. The molecular formula is C6H12ClNO. The zero-order chi connectivity index (χ0) is 7.11. The average Bonchev–Trinajstić information content (AvgIpc) is 1.80. The third kappa shape index (κ3) is 7.95. The second kappa shape index (κ2) is 6.08. The van der Waals surface area contributed by atoms with Gasteiger partial charge in [0.15, 0.2) is 0 Å². The van der Waals surface area contributed by atoms with Gasteiger partial charge in [-0.15, -0.1) is 0 Å². The SMILES string of the molecule is C=C(Cl)CNCCCO. The molecule has 0 spiro atoms. The minimum Gasteiger partial charge on any atom is -0.396 e. The number of aliphatic hydroxyl groups is 1. The highest BCUT2D eigenvalue weighted by Crippen LogP contribution is 1.91. The van der Waals surface area contributed by atoms with Crippen molar-refractivity contribution in [1.82, 2.24) is 5.32 Å². The van der Waals surface area contributed by atoms with Crippen molar-refractivity contribution in [3.63, 3.8) is 0 Å². The summed E-state index contributed by atoms with van der Waals surface area (Å²) in [6, 6.07) is 0. The second-order valence-electron chi connectivity index (χ2n) is 1.77. The van der Waals surface area contributed by atoms with Gasteiger partial charge in [-0.2, -0.15) is 0 Å². The maximum atomic E-state index is 8.34. The number of hydrogen-bond acceptors (Lipinski definition) is 2. The molecule has 2 nitrogen and oxygen atoms in total. The summed E-state index contributed by atoms with van der Waals surface area (Å²) < 4.78 is 0. The second-order valence-corrected chi connectivity index (χ2v) is 2.31. The molecule has 0 amide bonds. The van der Waals surface area contributed by atoms with Gasteiger partial charge in [0.2, 0.25) is 0 Å². The molecular weight excluding hydrogens is 138 g/mol. The molecule has 0 radical (unpaired) electrons. The van der Waals surface area contributed by atoms with E-state index in [1.54, 1.807) is 0 Å². The van der Waals surface area contributed by atoms with Crippen LogP contribution in [0.15, 0.2) is 11.6 Å². The highest BCUT2D eigenvalue weighted by atomic mass is 35.5. The van der Waals surface area contributed by atoms with Crippen LogP contribution in [0.5, 0.6) is 0 Å². The fraction of sp³-hybridized carbons (Fsp3) is 0.667. The highest BCUT2D eigenvalue weighted by Gasteiger charge is 1.86. The van der Waals surface area contributed by atoms with E-state index in [1.165, 1.54) is 0 Å². The van der Waals surface area contributed by atoms with Crippen LogP contribution in [0, 0.1) is 0 Å². The molecule has 0 aliphatic carbocycles. The molecule has 3 heteroatoms. The molecule has 0 atom stereocenters. The summed E-state index contributed by atoms with van der Waals surface area (Å²) in [6.45, 7) is 5.14. The number of nitrogens with one attached hydrogen (secondary N) is 1. The summed E-state index contributed by atoms with van der Waals surface area (Å²) in [5, 5.41) is 11.9. The van der Waals surface area contributed by atoms with Gasteiger partial charge in [-0.05, 0) is 13.0 Å². The number of hydrogen-bond donors (Lipinski definition) is 2. The zero-order valence-corrected chi connectivity index (χ0v) is 6.12. The van der Waals surface area contributed by atoms with Crippen molar-refractivity contribution in [3.8, 4) is 0 Å². The standard InChI is InChI=1S/C6H12ClNO/c1-6(7)5-8-3-2-4-9/h8-9H,1-5H2. The van der Waals surface area contributed by atoms with E-state index < -0.39 is 0 Å². The van der Waals surface area contributed by atoms with Crippen LogP contribution in [0.4, 0.5) is 0 Å². The third-order valence-electron chi connectivity index (χ3n) is 0.828. The molecule has 0 bridgehead atoms. The molecule has 2 N–H and O–H groups in total. The first-order valence-electron chi connectivity index (χ1n) is 2.92. The Labute approximate surface area is 60.5 Å². The predicted molar refractivity (Wildman–Crippen MR) is 39.6 cm³/mol. The zero-order valence-electron chi connectivity index (χ0n) is 5.36. The normalized spacial score (nSPS) is 9.56. The Kier molecular flexibility index (Phi) is 6.04.